The van der Waals surface area contributed by atoms with Crippen LogP contribution in [-0.4, -0.2) is 79.1 Å². The third-order valence-electron chi connectivity index (χ3n) is 8.19. The largest absolute Gasteiger partial charge is 0.383 e. The quantitative estimate of drug-likeness (QED) is 0.268. The molecule has 43 heavy (non-hydrogen) atoms. The Bertz CT molecular complexity index is 1660. The van der Waals surface area contributed by atoms with Crippen molar-refractivity contribution < 1.29 is 9.59 Å². The van der Waals surface area contributed by atoms with Crippen LogP contribution >= 0.6 is 0 Å². The van der Waals surface area contributed by atoms with Gasteiger partial charge in [0.15, 0.2) is 5.65 Å². The zero-order chi connectivity index (χ0) is 29.9. The molecular weight excluding hydrogens is 542 g/mol. The first-order chi connectivity index (χ1) is 20.9. The first kappa shape index (κ1) is 28.5. The van der Waals surface area contributed by atoms with E-state index in [2.05, 4.69) is 39.1 Å². The van der Waals surface area contributed by atoms with Crippen LogP contribution in [0.5, 0.6) is 0 Å². The number of likely N-dealkylation sites (N-methyl/N-ethyl adjacent to an activating group) is 1. The Kier molecular flexibility index (Phi) is 8.15. The Morgan fingerprint density at radius 1 is 1.12 bits per heavy atom. The number of aromatic nitrogens is 5. The van der Waals surface area contributed by atoms with Crippen LogP contribution in [0.25, 0.3) is 22.3 Å². The molecule has 1 aliphatic heterocycles. The molecule has 0 spiro atoms. The monoisotopic (exact) mass is 579 g/mol. The molecule has 1 aromatic carbocycles. The number of fused-ring (bicyclic) bond motifs is 1. The van der Waals surface area contributed by atoms with E-state index < -0.39 is 0 Å². The molecule has 1 saturated carbocycles. The number of carbonyl (C=O) groups excluding carboxylic acids is 2. The van der Waals surface area contributed by atoms with E-state index in [1.807, 2.05) is 39.9 Å². The van der Waals surface area contributed by atoms with Gasteiger partial charge < -0.3 is 16.0 Å². The van der Waals surface area contributed by atoms with E-state index in [0.29, 0.717) is 53.1 Å². The molecular formula is C32H37N9O2. The van der Waals surface area contributed by atoms with Gasteiger partial charge in [-0.25, -0.2) is 19.6 Å². The van der Waals surface area contributed by atoms with Crippen molar-refractivity contribution in [2.45, 2.75) is 51.1 Å². The minimum Gasteiger partial charge on any atom is -0.383 e. The maximum absolute atomic E-state index is 12.9. The maximum Gasteiger partial charge on any atom is 0.256 e. The SMILES string of the molecule is CCCc1ccnc(NC(=O)c2ccc(-c3nn(C4CCN(C(=O)C=CCN(C)C5CC5)C4)c4ncnc(N)c34)cc2)c1. The molecule has 222 valence electrons. The fourth-order valence-electron chi connectivity index (χ4n) is 5.64. The molecule has 1 aliphatic carbocycles. The predicted molar refractivity (Wildman–Crippen MR) is 166 cm³/mol. The molecule has 0 radical (unpaired) electrons. The summed E-state index contributed by atoms with van der Waals surface area (Å²) in [5, 5.41) is 8.48. The summed E-state index contributed by atoms with van der Waals surface area (Å²) in [5.74, 6) is 0.633. The molecule has 11 nitrogen and oxygen atoms in total. The number of likely N-dealkylation sites (tertiary alicyclic amines) is 1. The second-order valence-electron chi connectivity index (χ2n) is 11.4. The van der Waals surface area contributed by atoms with Crippen LogP contribution < -0.4 is 11.1 Å². The number of nitrogen functional groups attached to an aromatic ring is 1. The van der Waals surface area contributed by atoms with Crippen LogP contribution in [0.2, 0.25) is 0 Å². The van der Waals surface area contributed by atoms with Gasteiger partial charge in [0.05, 0.1) is 11.4 Å². The van der Waals surface area contributed by atoms with Crippen molar-refractivity contribution in [3.63, 3.8) is 0 Å². The highest BCUT2D eigenvalue weighted by atomic mass is 16.2. The molecule has 4 aromatic rings. The molecule has 2 fully saturated rings. The van der Waals surface area contributed by atoms with Crippen molar-refractivity contribution in [1.29, 1.82) is 0 Å². The first-order valence-corrected chi connectivity index (χ1v) is 14.9. The standard InChI is InChI=1S/C32H37N9O2/c1-3-5-21-13-15-34-26(18-21)37-32(43)23-9-7-22(8-10-23)29-28-30(33)35-20-36-31(28)41(38-29)25-14-17-40(19-25)27(42)6-4-16-39(2)24-11-12-24/h4,6-10,13,15,18,20,24-25H,3,5,11-12,14,16-17,19H2,1-2H3,(H2,33,35,36)(H,34,37,43). The van der Waals surface area contributed by atoms with E-state index >= 15 is 0 Å². The highest BCUT2D eigenvalue weighted by molar-refractivity contribution is 6.04. The predicted octanol–water partition coefficient (Wildman–Crippen LogP) is 4.10. The second-order valence-corrected chi connectivity index (χ2v) is 11.4. The van der Waals surface area contributed by atoms with Gasteiger partial charge in [-0.3, -0.25) is 14.5 Å². The summed E-state index contributed by atoms with van der Waals surface area (Å²) >= 11 is 0. The third kappa shape index (κ3) is 6.26. The zero-order valence-electron chi connectivity index (χ0n) is 24.6. The first-order valence-electron chi connectivity index (χ1n) is 14.9. The minimum atomic E-state index is -0.241. The van der Waals surface area contributed by atoms with Crippen LogP contribution in [-0.2, 0) is 11.2 Å². The van der Waals surface area contributed by atoms with Crippen molar-refractivity contribution >= 4 is 34.5 Å². The fourth-order valence-corrected chi connectivity index (χ4v) is 5.64. The summed E-state index contributed by atoms with van der Waals surface area (Å²) in [6.07, 6.45) is 12.0. The molecule has 3 N–H and O–H groups in total. The Balaban J connectivity index is 1.18. The van der Waals surface area contributed by atoms with Gasteiger partial charge in [0.25, 0.3) is 5.91 Å². The van der Waals surface area contributed by atoms with Crippen molar-refractivity contribution in [2.75, 3.05) is 37.7 Å². The number of hydrogen-bond donors (Lipinski definition) is 2. The van der Waals surface area contributed by atoms with Crippen molar-refractivity contribution in [3.05, 3.63) is 72.2 Å². The number of nitrogens with zero attached hydrogens (tertiary/aromatic N) is 7. The maximum atomic E-state index is 12.9. The normalized spacial score (nSPS) is 16.9. The number of hydrogen-bond acceptors (Lipinski definition) is 8. The van der Waals surface area contributed by atoms with Gasteiger partial charge in [-0.15, -0.1) is 0 Å². The second kappa shape index (κ2) is 12.3. The van der Waals surface area contributed by atoms with Gasteiger partial charge in [-0.2, -0.15) is 5.10 Å². The van der Waals surface area contributed by atoms with Gasteiger partial charge in [0.2, 0.25) is 5.91 Å². The number of pyridine rings is 1. The lowest BCUT2D eigenvalue weighted by atomic mass is 10.1. The molecule has 3 aromatic heterocycles. The Morgan fingerprint density at radius 2 is 1.93 bits per heavy atom. The van der Waals surface area contributed by atoms with E-state index in [1.165, 1.54) is 19.2 Å². The van der Waals surface area contributed by atoms with Crippen molar-refractivity contribution in [1.82, 2.24) is 34.5 Å². The number of rotatable bonds is 10. The topological polar surface area (TPSA) is 135 Å². The van der Waals surface area contributed by atoms with E-state index in [4.69, 9.17) is 10.8 Å². The Morgan fingerprint density at radius 3 is 2.70 bits per heavy atom. The Labute approximate surface area is 250 Å². The lowest BCUT2D eigenvalue weighted by Gasteiger charge is -2.16. The van der Waals surface area contributed by atoms with E-state index in [1.54, 1.807) is 24.4 Å². The van der Waals surface area contributed by atoms with E-state index in [0.717, 1.165) is 36.9 Å². The highest BCUT2D eigenvalue weighted by Gasteiger charge is 2.30. The van der Waals surface area contributed by atoms with Crippen LogP contribution in [0, 0.1) is 0 Å². The number of amides is 2. The molecule has 2 amide bonds. The summed E-state index contributed by atoms with van der Waals surface area (Å²) in [6, 6.07) is 11.7. The lowest BCUT2D eigenvalue weighted by molar-refractivity contribution is -0.125. The number of carbonyl (C=O) groups is 2. The molecule has 1 unspecified atom stereocenters. The number of benzene rings is 1. The number of nitrogens with two attached hydrogens (primary N) is 1. The molecule has 2 aliphatic rings. The van der Waals surface area contributed by atoms with E-state index in [-0.39, 0.29) is 17.9 Å². The number of anilines is 2. The zero-order valence-corrected chi connectivity index (χ0v) is 24.6. The Hall–Kier alpha value is -4.64. The molecule has 4 heterocycles. The lowest BCUT2D eigenvalue weighted by Crippen LogP contribution is -2.28. The van der Waals surface area contributed by atoms with Crippen molar-refractivity contribution in [2.24, 2.45) is 0 Å². The fraction of sp³-hybridized carbons (Fsp3) is 0.375. The van der Waals surface area contributed by atoms with Gasteiger partial charge in [0.1, 0.15) is 23.7 Å². The van der Waals surface area contributed by atoms with Gasteiger partial charge in [0, 0.05) is 49.1 Å². The van der Waals surface area contributed by atoms with Crippen molar-refractivity contribution in [3.8, 4) is 11.3 Å². The molecule has 1 saturated heterocycles. The smallest absolute Gasteiger partial charge is 0.256 e. The van der Waals surface area contributed by atoms with Gasteiger partial charge >= 0.3 is 0 Å². The average molecular weight is 580 g/mol. The molecule has 11 heteroatoms. The molecule has 6 rings (SSSR count). The highest BCUT2D eigenvalue weighted by Crippen LogP contribution is 2.34. The summed E-state index contributed by atoms with van der Waals surface area (Å²) in [6.45, 7) is 4.07. The molecule has 0 bridgehead atoms. The number of nitrogens with one attached hydrogen (secondary N) is 1. The summed E-state index contributed by atoms with van der Waals surface area (Å²) in [7, 11) is 2.10. The molecule has 1 atom stereocenters. The summed E-state index contributed by atoms with van der Waals surface area (Å²) in [5.41, 5.74) is 10.0. The van der Waals surface area contributed by atoms with Crippen LogP contribution in [0.15, 0.2) is 61.1 Å². The number of aryl methyl sites for hydroxylation is 1. The minimum absolute atomic E-state index is 0.0127. The summed E-state index contributed by atoms with van der Waals surface area (Å²) < 4.78 is 1.87. The van der Waals surface area contributed by atoms with Crippen LogP contribution in [0.4, 0.5) is 11.6 Å². The van der Waals surface area contributed by atoms with E-state index in [9.17, 15) is 9.59 Å². The van der Waals surface area contributed by atoms with Gasteiger partial charge in [-0.05, 0) is 62.6 Å². The third-order valence-corrected chi connectivity index (χ3v) is 8.19. The van der Waals surface area contributed by atoms with Crippen LogP contribution in [0.3, 0.4) is 0 Å². The summed E-state index contributed by atoms with van der Waals surface area (Å²) in [4.78, 5) is 43.0. The van der Waals surface area contributed by atoms with Gasteiger partial charge in [-0.1, -0.05) is 31.6 Å². The van der Waals surface area contributed by atoms with Crippen LogP contribution in [0.1, 0.15) is 54.6 Å². The average Bonchev–Trinajstić information content (AvgIpc) is 3.62.